The van der Waals surface area contributed by atoms with E-state index in [1.807, 2.05) is 0 Å². The van der Waals surface area contributed by atoms with Crippen LogP contribution in [0.1, 0.15) is 25.7 Å². The molecule has 6 heteroatoms. The molecule has 0 unspecified atom stereocenters. The van der Waals surface area contributed by atoms with Gasteiger partial charge in [-0.2, -0.15) is 0 Å². The van der Waals surface area contributed by atoms with Crippen LogP contribution in [0, 0.1) is 0 Å². The summed E-state index contributed by atoms with van der Waals surface area (Å²) in [7, 11) is 1.31. The smallest absolute Gasteiger partial charge is 0.305 e. The Kier molecular flexibility index (Phi) is 3.31. The molecule has 0 aliphatic carbocycles. The van der Waals surface area contributed by atoms with Gasteiger partial charge in [0.1, 0.15) is 12.1 Å². The van der Waals surface area contributed by atoms with Gasteiger partial charge in [0, 0.05) is 13.0 Å². The van der Waals surface area contributed by atoms with Crippen molar-refractivity contribution in [2.45, 2.75) is 37.8 Å². The van der Waals surface area contributed by atoms with Crippen molar-refractivity contribution in [1.82, 2.24) is 10.2 Å². The number of nitrogens with zero attached hydrogens (tertiary/aromatic N) is 1. The van der Waals surface area contributed by atoms with Crippen molar-refractivity contribution in [3.05, 3.63) is 0 Å². The second-order valence-electron chi connectivity index (χ2n) is 4.37. The Balaban J connectivity index is 1.97. The quantitative estimate of drug-likeness (QED) is 0.670. The minimum Gasteiger partial charge on any atom is -0.469 e. The molecule has 0 radical (unpaired) electrons. The van der Waals surface area contributed by atoms with Crippen LogP contribution in [-0.4, -0.2) is 48.4 Å². The molecule has 2 fully saturated rings. The first-order chi connectivity index (χ1) is 8.13. The molecule has 0 aromatic rings. The maximum atomic E-state index is 12.0. The predicted molar refractivity (Wildman–Crippen MR) is 57.9 cm³/mol. The second-order valence-corrected chi connectivity index (χ2v) is 4.37. The summed E-state index contributed by atoms with van der Waals surface area (Å²) in [4.78, 5) is 36.4. The van der Waals surface area contributed by atoms with Gasteiger partial charge in [-0.15, -0.1) is 0 Å². The molecule has 6 nitrogen and oxygen atoms in total. The summed E-state index contributed by atoms with van der Waals surface area (Å²) in [6.45, 7) is 0.644. The summed E-state index contributed by atoms with van der Waals surface area (Å²) in [6, 6.07) is -0.868. The van der Waals surface area contributed by atoms with Crippen molar-refractivity contribution >= 4 is 17.8 Å². The summed E-state index contributed by atoms with van der Waals surface area (Å²) < 4.78 is 4.51. The van der Waals surface area contributed by atoms with Crippen LogP contribution in [0.15, 0.2) is 0 Å². The zero-order chi connectivity index (χ0) is 12.4. The Labute approximate surface area is 99.3 Å². The molecule has 0 saturated carbocycles. The number of esters is 1. The summed E-state index contributed by atoms with van der Waals surface area (Å²) in [5.41, 5.74) is 0. The third kappa shape index (κ3) is 2.25. The van der Waals surface area contributed by atoms with E-state index in [4.69, 9.17) is 0 Å². The highest BCUT2D eigenvalue weighted by Crippen LogP contribution is 2.23. The Morgan fingerprint density at radius 2 is 2.29 bits per heavy atom. The number of nitrogens with one attached hydrogen (secondary N) is 1. The molecule has 2 rings (SSSR count). The first-order valence-electron chi connectivity index (χ1n) is 5.81. The topological polar surface area (TPSA) is 75.7 Å². The minimum atomic E-state index is -0.573. The van der Waals surface area contributed by atoms with Crippen molar-refractivity contribution in [3.8, 4) is 0 Å². The fraction of sp³-hybridized carbons (Fsp3) is 0.727. The fourth-order valence-corrected chi connectivity index (χ4v) is 2.39. The standard InChI is InChI=1S/C11H16N2O4/c1-17-9(14)5-4-7-11(16)13-6-2-3-8(13)10(15)12-7/h7-8H,2-6H2,1H3,(H,12,15)/t7-,8+/m1/s1. The van der Waals surface area contributed by atoms with Gasteiger partial charge < -0.3 is 15.0 Å². The molecule has 1 N–H and O–H groups in total. The molecule has 17 heavy (non-hydrogen) atoms. The van der Waals surface area contributed by atoms with Crippen LogP contribution in [0.2, 0.25) is 0 Å². The number of hydrogen-bond donors (Lipinski definition) is 1. The molecule has 2 amide bonds. The molecular weight excluding hydrogens is 224 g/mol. The van der Waals surface area contributed by atoms with Gasteiger partial charge in [0.05, 0.1) is 7.11 Å². The van der Waals surface area contributed by atoms with Crippen molar-refractivity contribution < 1.29 is 19.1 Å². The summed E-state index contributed by atoms with van der Waals surface area (Å²) in [5.74, 6) is -0.538. The van der Waals surface area contributed by atoms with E-state index in [2.05, 4.69) is 10.1 Å². The first-order valence-corrected chi connectivity index (χ1v) is 5.81. The van der Waals surface area contributed by atoms with Gasteiger partial charge >= 0.3 is 5.97 Å². The van der Waals surface area contributed by atoms with E-state index in [-0.39, 0.29) is 30.2 Å². The van der Waals surface area contributed by atoms with E-state index < -0.39 is 6.04 Å². The van der Waals surface area contributed by atoms with Crippen LogP contribution in [0.25, 0.3) is 0 Å². The molecule has 0 spiro atoms. The van der Waals surface area contributed by atoms with Crippen LogP contribution < -0.4 is 5.32 Å². The molecule has 2 heterocycles. The molecule has 0 aromatic carbocycles. The van der Waals surface area contributed by atoms with E-state index in [9.17, 15) is 14.4 Å². The summed E-state index contributed by atoms with van der Waals surface area (Å²) in [6.07, 6.45) is 2.06. The maximum Gasteiger partial charge on any atom is 0.305 e. The SMILES string of the molecule is COC(=O)CC[C@H]1NC(=O)[C@@H]2CCCN2C1=O. The average molecular weight is 240 g/mol. The van der Waals surface area contributed by atoms with Crippen LogP contribution >= 0.6 is 0 Å². The van der Waals surface area contributed by atoms with E-state index in [0.717, 1.165) is 12.8 Å². The highest BCUT2D eigenvalue weighted by atomic mass is 16.5. The fourth-order valence-electron chi connectivity index (χ4n) is 2.39. The number of carbonyl (C=O) groups excluding carboxylic acids is 3. The van der Waals surface area contributed by atoms with Gasteiger partial charge in [-0.1, -0.05) is 0 Å². The number of fused-ring (bicyclic) bond motifs is 1. The minimum absolute atomic E-state index is 0.0731. The van der Waals surface area contributed by atoms with E-state index >= 15 is 0 Å². The highest BCUT2D eigenvalue weighted by molar-refractivity contribution is 5.97. The van der Waals surface area contributed by atoms with Gasteiger partial charge in [-0.05, 0) is 19.3 Å². The van der Waals surface area contributed by atoms with Gasteiger partial charge in [0.25, 0.3) is 0 Å². The summed E-state index contributed by atoms with van der Waals surface area (Å²) in [5, 5.41) is 2.68. The lowest BCUT2D eigenvalue weighted by atomic mass is 10.0. The van der Waals surface area contributed by atoms with Crippen molar-refractivity contribution in [1.29, 1.82) is 0 Å². The molecule has 2 saturated heterocycles. The maximum absolute atomic E-state index is 12.0. The van der Waals surface area contributed by atoms with Gasteiger partial charge in [-0.25, -0.2) is 0 Å². The number of carbonyl (C=O) groups is 3. The molecule has 0 aromatic heterocycles. The average Bonchev–Trinajstić information content (AvgIpc) is 2.81. The third-order valence-corrected chi connectivity index (χ3v) is 3.32. The van der Waals surface area contributed by atoms with Gasteiger partial charge in [0.15, 0.2) is 0 Å². The third-order valence-electron chi connectivity index (χ3n) is 3.32. The molecule has 2 aliphatic rings. The lowest BCUT2D eigenvalue weighted by molar-refractivity contribution is -0.148. The Morgan fingerprint density at radius 3 is 3.00 bits per heavy atom. The number of amides is 2. The van der Waals surface area contributed by atoms with Gasteiger partial charge in [-0.3, -0.25) is 14.4 Å². The van der Waals surface area contributed by atoms with Crippen LogP contribution in [0.3, 0.4) is 0 Å². The molecule has 0 bridgehead atoms. The summed E-state index contributed by atoms with van der Waals surface area (Å²) >= 11 is 0. The Hall–Kier alpha value is -1.59. The number of ether oxygens (including phenoxy) is 1. The molecule has 2 atom stereocenters. The molecule has 2 aliphatic heterocycles. The lowest BCUT2D eigenvalue weighted by Crippen LogP contribution is -2.61. The monoisotopic (exact) mass is 240 g/mol. The largest absolute Gasteiger partial charge is 0.469 e. The van der Waals surface area contributed by atoms with E-state index in [1.165, 1.54) is 7.11 Å². The van der Waals surface area contributed by atoms with Crippen molar-refractivity contribution in [2.75, 3.05) is 13.7 Å². The van der Waals surface area contributed by atoms with Crippen molar-refractivity contribution in [3.63, 3.8) is 0 Å². The number of methoxy groups -OCH3 is 1. The highest BCUT2D eigenvalue weighted by Gasteiger charge is 2.42. The normalized spacial score (nSPS) is 27.7. The Morgan fingerprint density at radius 1 is 1.53 bits per heavy atom. The van der Waals surface area contributed by atoms with Crippen LogP contribution in [0.5, 0.6) is 0 Å². The van der Waals surface area contributed by atoms with E-state index in [0.29, 0.717) is 13.0 Å². The lowest BCUT2D eigenvalue weighted by Gasteiger charge is -2.34. The zero-order valence-corrected chi connectivity index (χ0v) is 9.77. The second kappa shape index (κ2) is 4.73. The van der Waals surface area contributed by atoms with Crippen molar-refractivity contribution in [2.24, 2.45) is 0 Å². The first kappa shape index (κ1) is 11.9. The zero-order valence-electron chi connectivity index (χ0n) is 9.77. The van der Waals surface area contributed by atoms with Gasteiger partial charge in [0.2, 0.25) is 11.8 Å². The van der Waals surface area contributed by atoms with Crippen LogP contribution in [-0.2, 0) is 19.1 Å². The van der Waals surface area contributed by atoms with E-state index in [1.54, 1.807) is 4.90 Å². The number of piperazine rings is 1. The number of rotatable bonds is 3. The molecule has 94 valence electrons. The molecular formula is C11H16N2O4. The van der Waals surface area contributed by atoms with Crippen LogP contribution in [0.4, 0.5) is 0 Å². The number of hydrogen-bond acceptors (Lipinski definition) is 4. The Bertz CT molecular complexity index is 355. The predicted octanol–water partition coefficient (Wildman–Crippen LogP) is -0.571.